The summed E-state index contributed by atoms with van der Waals surface area (Å²) in [7, 11) is 0. The normalized spacial score (nSPS) is 30.4. The van der Waals surface area contributed by atoms with Gasteiger partial charge < -0.3 is 10.6 Å². The lowest BCUT2D eigenvalue weighted by atomic mass is 9.49. The van der Waals surface area contributed by atoms with Gasteiger partial charge in [0.25, 0.3) is 5.91 Å². The fourth-order valence-electron chi connectivity index (χ4n) is 6.62. The number of carbonyl (C=O) groups is 2. The molecule has 1 atom stereocenters. The molecule has 2 N–H and O–H groups in total. The molecule has 0 unspecified atom stereocenters. The molecule has 0 aliphatic heterocycles. The Kier molecular flexibility index (Phi) is 5.86. The summed E-state index contributed by atoms with van der Waals surface area (Å²) in [5.74, 6) is -0.667. The van der Waals surface area contributed by atoms with Crippen molar-refractivity contribution < 1.29 is 18.4 Å². The molecule has 6 heteroatoms. The first kappa shape index (κ1) is 21.3. The first-order valence-electron chi connectivity index (χ1n) is 11.3. The minimum Gasteiger partial charge on any atom is -0.354 e. The third-order valence-corrected chi connectivity index (χ3v) is 7.55. The SMILES string of the molecule is CC(C)[C@@H](NC(=O)c1c(F)cccc1F)C(=O)NCCC12CC3CC(CC(C3)C1)C2. The van der Waals surface area contributed by atoms with Crippen LogP contribution in [0.2, 0.25) is 0 Å². The number of hydrogen-bond acceptors (Lipinski definition) is 2. The van der Waals surface area contributed by atoms with Gasteiger partial charge in [-0.2, -0.15) is 0 Å². The van der Waals surface area contributed by atoms with Gasteiger partial charge in [0, 0.05) is 6.54 Å². The Morgan fingerprint density at radius 3 is 2.07 bits per heavy atom. The van der Waals surface area contributed by atoms with Crippen LogP contribution in [0, 0.1) is 40.7 Å². The fourth-order valence-corrected chi connectivity index (χ4v) is 6.62. The van der Waals surface area contributed by atoms with E-state index in [1.54, 1.807) is 13.8 Å². The Morgan fingerprint density at radius 1 is 1.03 bits per heavy atom. The van der Waals surface area contributed by atoms with Gasteiger partial charge >= 0.3 is 0 Å². The molecule has 30 heavy (non-hydrogen) atoms. The summed E-state index contributed by atoms with van der Waals surface area (Å²) in [6, 6.07) is 2.44. The lowest BCUT2D eigenvalue weighted by Gasteiger charge is -2.57. The Balaban J connectivity index is 1.34. The summed E-state index contributed by atoms with van der Waals surface area (Å²) < 4.78 is 27.8. The van der Waals surface area contributed by atoms with Gasteiger partial charge in [0.05, 0.1) is 0 Å². The molecule has 5 rings (SSSR count). The van der Waals surface area contributed by atoms with E-state index in [9.17, 15) is 18.4 Å². The zero-order valence-electron chi connectivity index (χ0n) is 17.8. The first-order valence-corrected chi connectivity index (χ1v) is 11.3. The lowest BCUT2D eigenvalue weighted by Crippen LogP contribution is -2.51. The smallest absolute Gasteiger partial charge is 0.257 e. The van der Waals surface area contributed by atoms with Gasteiger partial charge in [-0.25, -0.2) is 8.78 Å². The van der Waals surface area contributed by atoms with Crippen LogP contribution in [0.4, 0.5) is 8.78 Å². The molecule has 4 saturated carbocycles. The molecule has 0 aromatic heterocycles. The van der Waals surface area contributed by atoms with Gasteiger partial charge in [0.15, 0.2) is 0 Å². The number of benzene rings is 1. The highest BCUT2D eigenvalue weighted by molar-refractivity contribution is 5.98. The van der Waals surface area contributed by atoms with Crippen molar-refractivity contribution in [1.82, 2.24) is 10.6 Å². The highest BCUT2D eigenvalue weighted by Crippen LogP contribution is 2.61. The number of carbonyl (C=O) groups excluding carboxylic acids is 2. The van der Waals surface area contributed by atoms with Crippen LogP contribution in [0.3, 0.4) is 0 Å². The van der Waals surface area contributed by atoms with Crippen molar-refractivity contribution in [2.75, 3.05) is 6.54 Å². The van der Waals surface area contributed by atoms with Gasteiger partial charge in [0.1, 0.15) is 23.2 Å². The van der Waals surface area contributed by atoms with Crippen molar-refractivity contribution in [2.24, 2.45) is 29.1 Å². The second-order valence-corrected chi connectivity index (χ2v) is 10.3. The van der Waals surface area contributed by atoms with Crippen LogP contribution in [-0.2, 0) is 4.79 Å². The number of nitrogens with one attached hydrogen (secondary N) is 2. The van der Waals surface area contributed by atoms with E-state index in [0.29, 0.717) is 12.0 Å². The van der Waals surface area contributed by atoms with E-state index in [-0.39, 0.29) is 11.8 Å². The number of halogens is 2. The summed E-state index contributed by atoms with van der Waals surface area (Å²) >= 11 is 0. The number of hydrogen-bond donors (Lipinski definition) is 2. The second-order valence-electron chi connectivity index (χ2n) is 10.3. The zero-order valence-corrected chi connectivity index (χ0v) is 17.8. The third kappa shape index (κ3) is 4.23. The van der Waals surface area contributed by atoms with Crippen molar-refractivity contribution in [2.45, 2.75) is 64.8 Å². The quantitative estimate of drug-likeness (QED) is 0.688. The van der Waals surface area contributed by atoms with Crippen LogP contribution in [-0.4, -0.2) is 24.4 Å². The Bertz CT molecular complexity index is 768. The predicted octanol–water partition coefficient (Wildman–Crippen LogP) is 4.44. The Morgan fingerprint density at radius 2 is 1.57 bits per heavy atom. The largest absolute Gasteiger partial charge is 0.354 e. The second kappa shape index (κ2) is 8.27. The average molecular weight is 419 g/mol. The monoisotopic (exact) mass is 418 g/mol. The molecule has 4 bridgehead atoms. The average Bonchev–Trinajstić information content (AvgIpc) is 2.64. The number of rotatable bonds is 7. The molecule has 4 aliphatic carbocycles. The highest BCUT2D eigenvalue weighted by atomic mass is 19.1. The minimum absolute atomic E-state index is 0.205. The predicted molar refractivity (Wildman–Crippen MR) is 111 cm³/mol. The zero-order chi connectivity index (χ0) is 21.5. The van der Waals surface area contributed by atoms with E-state index < -0.39 is 29.1 Å². The maximum absolute atomic E-state index is 13.9. The molecule has 1 aromatic rings. The van der Waals surface area contributed by atoms with E-state index in [1.165, 1.54) is 44.6 Å². The first-order chi connectivity index (χ1) is 14.3. The molecule has 4 aliphatic rings. The van der Waals surface area contributed by atoms with E-state index in [0.717, 1.165) is 36.3 Å². The third-order valence-electron chi connectivity index (χ3n) is 7.55. The van der Waals surface area contributed by atoms with E-state index >= 15 is 0 Å². The molecule has 1 aromatic carbocycles. The standard InChI is InChI=1S/C24H32F2N2O2/c1-14(2)21(28-22(29)20-18(25)4-3-5-19(20)26)23(30)27-7-6-24-11-15-8-16(12-24)10-17(9-15)13-24/h3-5,14-17,21H,6-13H2,1-2H3,(H,27,30)(H,28,29)/t15?,16?,17?,21-,24?/m1/s1. The topological polar surface area (TPSA) is 58.2 Å². The molecule has 2 amide bonds. The molecule has 0 radical (unpaired) electrons. The van der Waals surface area contributed by atoms with Crippen LogP contribution in [0.15, 0.2) is 18.2 Å². The van der Waals surface area contributed by atoms with Crippen LogP contribution in [0.5, 0.6) is 0 Å². The van der Waals surface area contributed by atoms with Crippen molar-refractivity contribution in [3.05, 3.63) is 35.4 Å². The maximum Gasteiger partial charge on any atom is 0.257 e. The Hall–Kier alpha value is -1.98. The van der Waals surface area contributed by atoms with Crippen LogP contribution >= 0.6 is 0 Å². The maximum atomic E-state index is 13.9. The van der Waals surface area contributed by atoms with E-state index in [2.05, 4.69) is 10.6 Å². The van der Waals surface area contributed by atoms with Gasteiger partial charge in [-0.15, -0.1) is 0 Å². The lowest BCUT2D eigenvalue weighted by molar-refractivity contribution is -0.124. The van der Waals surface area contributed by atoms with Crippen LogP contribution in [0.25, 0.3) is 0 Å². The summed E-state index contributed by atoms with van der Waals surface area (Å²) in [5.41, 5.74) is -0.279. The molecule has 0 heterocycles. The Labute approximate surface area is 177 Å². The number of amides is 2. The van der Waals surface area contributed by atoms with Crippen molar-refractivity contribution in [3.8, 4) is 0 Å². The molecule has 4 fully saturated rings. The molecule has 0 saturated heterocycles. The minimum atomic E-state index is -0.933. The summed E-state index contributed by atoms with van der Waals surface area (Å²) in [6.45, 7) is 4.20. The molecule has 164 valence electrons. The van der Waals surface area contributed by atoms with Gasteiger partial charge in [-0.05, 0) is 86.2 Å². The molecule has 4 nitrogen and oxygen atoms in total. The van der Waals surface area contributed by atoms with Crippen molar-refractivity contribution in [3.63, 3.8) is 0 Å². The van der Waals surface area contributed by atoms with Crippen molar-refractivity contribution >= 4 is 11.8 Å². The van der Waals surface area contributed by atoms with Crippen LogP contribution < -0.4 is 10.6 Å². The van der Waals surface area contributed by atoms with E-state index in [1.807, 2.05) is 0 Å². The van der Waals surface area contributed by atoms with E-state index in [4.69, 9.17) is 0 Å². The fraction of sp³-hybridized carbons (Fsp3) is 0.667. The summed E-state index contributed by atoms with van der Waals surface area (Å²) in [5, 5.41) is 5.51. The van der Waals surface area contributed by atoms with Crippen molar-refractivity contribution in [1.29, 1.82) is 0 Å². The van der Waals surface area contributed by atoms with Gasteiger partial charge in [-0.1, -0.05) is 19.9 Å². The summed E-state index contributed by atoms with van der Waals surface area (Å²) in [6.07, 6.45) is 8.99. The highest BCUT2D eigenvalue weighted by Gasteiger charge is 2.50. The van der Waals surface area contributed by atoms with Gasteiger partial charge in [0.2, 0.25) is 5.91 Å². The van der Waals surface area contributed by atoms with Crippen LogP contribution in [0.1, 0.15) is 69.2 Å². The molecular weight excluding hydrogens is 386 g/mol. The summed E-state index contributed by atoms with van der Waals surface area (Å²) in [4.78, 5) is 25.2. The molecular formula is C24H32F2N2O2. The van der Waals surface area contributed by atoms with Gasteiger partial charge in [-0.3, -0.25) is 9.59 Å². The molecule has 0 spiro atoms.